The third kappa shape index (κ3) is 5.71. The van der Waals surface area contributed by atoms with Crippen LogP contribution in [0, 0.1) is 13.8 Å². The maximum Gasteiger partial charge on any atom is 0.226 e. The largest absolute Gasteiger partial charge is 0.352 e. The molecule has 1 aromatic heterocycles. The van der Waals surface area contributed by atoms with Crippen LogP contribution in [0.15, 0.2) is 58.3 Å². The Kier molecular flexibility index (Phi) is 6.47. The number of rotatable bonds is 7. The highest BCUT2D eigenvalue weighted by molar-refractivity contribution is 8.00. The molecule has 3 rings (SSSR count). The van der Waals surface area contributed by atoms with Crippen molar-refractivity contribution in [2.75, 3.05) is 0 Å². The Balaban J connectivity index is 1.45. The van der Waals surface area contributed by atoms with Crippen molar-refractivity contribution in [3.63, 3.8) is 0 Å². The molecule has 1 N–H and O–H groups in total. The third-order valence-corrected chi connectivity index (χ3v) is 6.11. The van der Waals surface area contributed by atoms with Crippen LogP contribution in [0.1, 0.15) is 27.9 Å². The summed E-state index contributed by atoms with van der Waals surface area (Å²) in [6, 6.07) is 16.7. The monoisotopic (exact) mass is 382 g/mol. The average molecular weight is 383 g/mol. The molecule has 2 aromatic carbocycles. The number of carbonyl (C=O) groups excluding carboxylic acids is 1. The zero-order chi connectivity index (χ0) is 18.4. The van der Waals surface area contributed by atoms with Gasteiger partial charge in [-0.3, -0.25) is 4.79 Å². The first kappa shape index (κ1) is 18.7. The Morgan fingerprint density at radius 2 is 1.62 bits per heavy atom. The van der Waals surface area contributed by atoms with Gasteiger partial charge in [0.15, 0.2) is 0 Å². The highest BCUT2D eigenvalue weighted by atomic mass is 32.2. The second-order valence-electron chi connectivity index (χ2n) is 6.32. The molecule has 3 nitrogen and oxygen atoms in total. The average Bonchev–Trinajstić information content (AvgIpc) is 3.08. The second kappa shape index (κ2) is 9.01. The molecule has 0 aliphatic rings. The fraction of sp³-hybridized carbons (Fsp3) is 0.238. The van der Waals surface area contributed by atoms with Gasteiger partial charge in [0.25, 0.3) is 0 Å². The molecule has 0 aliphatic carbocycles. The number of amides is 1. The van der Waals surface area contributed by atoms with Gasteiger partial charge in [0.2, 0.25) is 5.91 Å². The standard InChI is InChI=1S/C21H22N2OS2/c1-15-3-7-17(8-4-15)12-22-20(24)11-19-14-26-21(23-19)25-13-18-9-5-16(2)6-10-18/h3-10,14H,11-13H2,1-2H3,(H,22,24). The molecule has 5 heteroatoms. The fourth-order valence-electron chi connectivity index (χ4n) is 2.40. The van der Waals surface area contributed by atoms with E-state index in [1.54, 1.807) is 23.1 Å². The SMILES string of the molecule is Cc1ccc(CNC(=O)Cc2csc(SCc3ccc(C)cc3)n2)cc1. The van der Waals surface area contributed by atoms with Crippen molar-refractivity contribution in [2.45, 2.75) is 36.9 Å². The van der Waals surface area contributed by atoms with Crippen LogP contribution in [-0.2, 0) is 23.5 Å². The predicted octanol–water partition coefficient (Wildman–Crippen LogP) is 4.91. The van der Waals surface area contributed by atoms with E-state index in [9.17, 15) is 4.79 Å². The lowest BCUT2D eigenvalue weighted by molar-refractivity contribution is -0.120. The number of thioether (sulfide) groups is 1. The minimum absolute atomic E-state index is 0.00552. The minimum Gasteiger partial charge on any atom is -0.352 e. The third-order valence-electron chi connectivity index (χ3n) is 3.97. The van der Waals surface area contributed by atoms with Gasteiger partial charge in [-0.05, 0) is 25.0 Å². The fourth-order valence-corrected chi connectivity index (χ4v) is 4.20. The van der Waals surface area contributed by atoms with Gasteiger partial charge in [0.05, 0.1) is 12.1 Å². The number of hydrogen-bond acceptors (Lipinski definition) is 4. The van der Waals surface area contributed by atoms with Gasteiger partial charge in [-0.15, -0.1) is 11.3 Å². The molecule has 134 valence electrons. The molecule has 0 fully saturated rings. The normalized spacial score (nSPS) is 10.7. The summed E-state index contributed by atoms with van der Waals surface area (Å²) in [5, 5.41) is 4.93. The number of nitrogens with one attached hydrogen (secondary N) is 1. The lowest BCUT2D eigenvalue weighted by Gasteiger charge is -2.04. The smallest absolute Gasteiger partial charge is 0.226 e. The van der Waals surface area contributed by atoms with Crippen LogP contribution in [-0.4, -0.2) is 10.9 Å². The maximum atomic E-state index is 12.1. The summed E-state index contributed by atoms with van der Waals surface area (Å²) in [5.41, 5.74) is 5.72. The van der Waals surface area contributed by atoms with E-state index < -0.39 is 0 Å². The van der Waals surface area contributed by atoms with Crippen LogP contribution >= 0.6 is 23.1 Å². The number of nitrogens with zero attached hydrogens (tertiary/aromatic N) is 1. The van der Waals surface area contributed by atoms with E-state index in [1.807, 2.05) is 17.5 Å². The molecule has 3 aromatic rings. The van der Waals surface area contributed by atoms with Gasteiger partial charge in [0.1, 0.15) is 4.34 Å². The molecular formula is C21H22N2OS2. The van der Waals surface area contributed by atoms with Crippen LogP contribution in [0.4, 0.5) is 0 Å². The van der Waals surface area contributed by atoms with Gasteiger partial charge in [-0.25, -0.2) is 4.98 Å². The van der Waals surface area contributed by atoms with E-state index in [4.69, 9.17) is 0 Å². The molecule has 0 spiro atoms. The van der Waals surface area contributed by atoms with Gasteiger partial charge < -0.3 is 5.32 Å². The summed E-state index contributed by atoms with van der Waals surface area (Å²) < 4.78 is 1.01. The Morgan fingerprint density at radius 1 is 1.00 bits per heavy atom. The van der Waals surface area contributed by atoms with Crippen LogP contribution < -0.4 is 5.32 Å². The van der Waals surface area contributed by atoms with E-state index in [0.717, 1.165) is 21.3 Å². The summed E-state index contributed by atoms with van der Waals surface area (Å²) in [7, 11) is 0. The van der Waals surface area contributed by atoms with E-state index in [-0.39, 0.29) is 5.91 Å². The first-order valence-corrected chi connectivity index (χ1v) is 10.4. The lowest BCUT2D eigenvalue weighted by atomic mass is 10.1. The van der Waals surface area contributed by atoms with E-state index >= 15 is 0 Å². The molecular weight excluding hydrogens is 360 g/mol. The number of aryl methyl sites for hydroxylation is 2. The van der Waals surface area contributed by atoms with E-state index in [2.05, 4.69) is 60.5 Å². The van der Waals surface area contributed by atoms with Crippen LogP contribution in [0.3, 0.4) is 0 Å². The Hall–Kier alpha value is -2.11. The number of thiazole rings is 1. The first-order chi connectivity index (χ1) is 12.6. The van der Waals surface area contributed by atoms with Crippen molar-refractivity contribution in [3.05, 3.63) is 81.9 Å². The van der Waals surface area contributed by atoms with Crippen molar-refractivity contribution < 1.29 is 4.79 Å². The van der Waals surface area contributed by atoms with Crippen LogP contribution in [0.25, 0.3) is 0 Å². The Morgan fingerprint density at radius 3 is 2.27 bits per heavy atom. The molecule has 0 radical (unpaired) electrons. The molecule has 0 bridgehead atoms. The number of carbonyl (C=O) groups is 1. The van der Waals surface area contributed by atoms with Crippen molar-refractivity contribution in [2.24, 2.45) is 0 Å². The summed E-state index contributed by atoms with van der Waals surface area (Å²) >= 11 is 3.32. The highest BCUT2D eigenvalue weighted by Crippen LogP contribution is 2.26. The van der Waals surface area contributed by atoms with Crippen molar-refractivity contribution in [3.8, 4) is 0 Å². The molecule has 1 amide bonds. The maximum absolute atomic E-state index is 12.1. The number of hydrogen-bond donors (Lipinski definition) is 1. The number of benzene rings is 2. The minimum atomic E-state index is 0.00552. The summed E-state index contributed by atoms with van der Waals surface area (Å²) in [5.74, 6) is 0.901. The Bertz CT molecular complexity index is 854. The van der Waals surface area contributed by atoms with Crippen molar-refractivity contribution >= 4 is 29.0 Å². The summed E-state index contributed by atoms with van der Waals surface area (Å²) in [6.45, 7) is 4.70. The first-order valence-electron chi connectivity index (χ1n) is 8.53. The highest BCUT2D eigenvalue weighted by Gasteiger charge is 2.08. The molecule has 0 atom stereocenters. The van der Waals surface area contributed by atoms with Gasteiger partial charge in [-0.1, -0.05) is 71.4 Å². The van der Waals surface area contributed by atoms with Crippen LogP contribution in [0.5, 0.6) is 0 Å². The van der Waals surface area contributed by atoms with E-state index in [1.165, 1.54) is 16.7 Å². The van der Waals surface area contributed by atoms with Crippen molar-refractivity contribution in [1.82, 2.24) is 10.3 Å². The topological polar surface area (TPSA) is 42.0 Å². The molecule has 0 saturated carbocycles. The molecule has 1 heterocycles. The summed E-state index contributed by atoms with van der Waals surface area (Å²) in [6.07, 6.45) is 0.327. The second-order valence-corrected chi connectivity index (χ2v) is 8.40. The lowest BCUT2D eigenvalue weighted by Crippen LogP contribution is -2.24. The van der Waals surface area contributed by atoms with Gasteiger partial charge in [-0.2, -0.15) is 0 Å². The predicted molar refractivity (Wildman–Crippen MR) is 110 cm³/mol. The van der Waals surface area contributed by atoms with Gasteiger partial charge in [0, 0.05) is 17.7 Å². The molecule has 26 heavy (non-hydrogen) atoms. The number of aromatic nitrogens is 1. The molecule has 0 aliphatic heterocycles. The molecule has 0 unspecified atom stereocenters. The van der Waals surface area contributed by atoms with E-state index in [0.29, 0.717) is 13.0 Å². The molecule has 0 saturated heterocycles. The quantitative estimate of drug-likeness (QED) is 0.590. The zero-order valence-corrected chi connectivity index (χ0v) is 16.6. The van der Waals surface area contributed by atoms with Gasteiger partial charge >= 0.3 is 0 Å². The Labute approximate surface area is 162 Å². The zero-order valence-electron chi connectivity index (χ0n) is 15.0. The van der Waals surface area contributed by atoms with Crippen molar-refractivity contribution in [1.29, 1.82) is 0 Å². The summed E-state index contributed by atoms with van der Waals surface area (Å²) in [4.78, 5) is 16.7. The van der Waals surface area contributed by atoms with Crippen LogP contribution in [0.2, 0.25) is 0 Å².